The molecule has 1 spiro atoms. The molecule has 0 bridgehead atoms. The van der Waals surface area contributed by atoms with E-state index in [9.17, 15) is 14.4 Å². The molecule has 1 saturated heterocycles. The van der Waals surface area contributed by atoms with Crippen LogP contribution in [0.25, 0.3) is 0 Å². The fourth-order valence-electron chi connectivity index (χ4n) is 4.11. The van der Waals surface area contributed by atoms with Crippen LogP contribution in [0.4, 0.5) is 5.69 Å². The van der Waals surface area contributed by atoms with E-state index in [0.29, 0.717) is 24.9 Å². The Balaban J connectivity index is 1.94. The van der Waals surface area contributed by atoms with E-state index in [2.05, 4.69) is 0 Å². The molecule has 2 fully saturated rings. The van der Waals surface area contributed by atoms with Gasteiger partial charge in [-0.3, -0.25) is 19.3 Å². The van der Waals surface area contributed by atoms with Gasteiger partial charge in [0.15, 0.2) is 0 Å². The van der Waals surface area contributed by atoms with Crippen LogP contribution in [0.2, 0.25) is 0 Å². The van der Waals surface area contributed by atoms with Gasteiger partial charge in [-0.2, -0.15) is 0 Å². The topological polar surface area (TPSA) is 54.5 Å². The number of carbonyl (C=O) groups is 3. The zero-order valence-corrected chi connectivity index (χ0v) is 13.1. The highest BCUT2D eigenvalue weighted by Gasteiger charge is 2.65. The van der Waals surface area contributed by atoms with Crippen molar-refractivity contribution in [3.05, 3.63) is 66.2 Å². The Morgan fingerprint density at radius 3 is 2.08 bits per heavy atom. The normalized spacial score (nSPS) is 26.6. The summed E-state index contributed by atoms with van der Waals surface area (Å²) in [7, 11) is 0. The number of Topliss-reactive ketones (excluding diaryl/α,β-unsaturated/α-hetero) is 2. The Hall–Kier alpha value is -2.75. The molecule has 2 aromatic carbocycles. The molecule has 0 radical (unpaired) electrons. The highest BCUT2D eigenvalue weighted by atomic mass is 16.2. The van der Waals surface area contributed by atoms with Crippen molar-refractivity contribution in [2.24, 2.45) is 5.41 Å². The number of ketones is 2. The molecule has 1 aliphatic heterocycles. The molecule has 4 heteroatoms. The van der Waals surface area contributed by atoms with Crippen molar-refractivity contribution in [2.75, 3.05) is 4.90 Å². The molecule has 4 nitrogen and oxygen atoms in total. The van der Waals surface area contributed by atoms with Gasteiger partial charge in [0, 0.05) is 12.1 Å². The number of benzene rings is 2. The lowest BCUT2D eigenvalue weighted by atomic mass is 9.74. The molecule has 2 aliphatic rings. The first-order chi connectivity index (χ1) is 11.7. The summed E-state index contributed by atoms with van der Waals surface area (Å²) in [5.41, 5.74) is 0.256. The van der Waals surface area contributed by atoms with Crippen molar-refractivity contribution in [2.45, 2.75) is 25.3 Å². The lowest BCUT2D eigenvalue weighted by Crippen LogP contribution is -2.38. The van der Waals surface area contributed by atoms with Crippen LogP contribution in [0.5, 0.6) is 0 Å². The van der Waals surface area contributed by atoms with Crippen molar-refractivity contribution in [3.8, 4) is 0 Å². The number of rotatable bonds is 2. The van der Waals surface area contributed by atoms with Gasteiger partial charge in [0.05, 0.1) is 6.04 Å². The second kappa shape index (κ2) is 5.41. The van der Waals surface area contributed by atoms with Crippen LogP contribution in [0.1, 0.15) is 30.9 Å². The first-order valence-corrected chi connectivity index (χ1v) is 8.17. The molecule has 1 amide bonds. The molecule has 24 heavy (non-hydrogen) atoms. The zero-order valence-electron chi connectivity index (χ0n) is 13.1. The van der Waals surface area contributed by atoms with Crippen molar-refractivity contribution in [1.29, 1.82) is 0 Å². The number of hydrogen-bond acceptors (Lipinski definition) is 3. The molecule has 2 atom stereocenters. The summed E-state index contributed by atoms with van der Waals surface area (Å²) < 4.78 is 0. The standard InChI is InChI=1S/C20H17NO3/c22-16-12-7-13-20(16)17(14-8-3-1-4-9-14)21(19(24)18(20)23)15-10-5-2-6-11-15/h1-6,8-11,17H,7,12-13H2/t17-,20?/m1/s1. The number of para-hydroxylation sites is 1. The third-order valence-corrected chi connectivity index (χ3v) is 5.17. The van der Waals surface area contributed by atoms with Gasteiger partial charge in [-0.25, -0.2) is 0 Å². The predicted molar refractivity (Wildman–Crippen MR) is 89.4 cm³/mol. The van der Waals surface area contributed by atoms with Crippen molar-refractivity contribution >= 4 is 23.2 Å². The number of hydrogen-bond donors (Lipinski definition) is 0. The number of amides is 1. The molecule has 120 valence electrons. The van der Waals surface area contributed by atoms with Gasteiger partial charge in [0.25, 0.3) is 5.91 Å². The van der Waals surface area contributed by atoms with E-state index < -0.39 is 23.1 Å². The third kappa shape index (κ3) is 1.89. The van der Waals surface area contributed by atoms with Gasteiger partial charge in [-0.05, 0) is 30.5 Å². The number of nitrogens with zero attached hydrogens (tertiary/aromatic N) is 1. The lowest BCUT2D eigenvalue weighted by Gasteiger charge is -2.32. The number of carbonyl (C=O) groups excluding carboxylic acids is 3. The van der Waals surface area contributed by atoms with Crippen LogP contribution in [-0.2, 0) is 14.4 Å². The van der Waals surface area contributed by atoms with E-state index >= 15 is 0 Å². The summed E-state index contributed by atoms with van der Waals surface area (Å²) in [5.74, 6) is -1.24. The van der Waals surface area contributed by atoms with Gasteiger partial charge in [0.2, 0.25) is 5.78 Å². The van der Waals surface area contributed by atoms with Gasteiger partial charge in [-0.15, -0.1) is 0 Å². The van der Waals surface area contributed by atoms with Crippen LogP contribution >= 0.6 is 0 Å². The minimum absolute atomic E-state index is 0.104. The van der Waals surface area contributed by atoms with Crippen LogP contribution in [0.3, 0.4) is 0 Å². The predicted octanol–water partition coefficient (Wildman–Crippen LogP) is 3.08. The Bertz CT molecular complexity index is 815. The molecular weight excluding hydrogens is 302 g/mol. The van der Waals surface area contributed by atoms with Crippen LogP contribution in [-0.4, -0.2) is 17.5 Å². The van der Waals surface area contributed by atoms with E-state index in [0.717, 1.165) is 5.56 Å². The minimum Gasteiger partial charge on any atom is -0.298 e. The maximum absolute atomic E-state index is 12.9. The van der Waals surface area contributed by atoms with Gasteiger partial charge >= 0.3 is 0 Å². The maximum atomic E-state index is 12.9. The maximum Gasteiger partial charge on any atom is 0.296 e. The summed E-state index contributed by atoms with van der Waals surface area (Å²) in [6.45, 7) is 0. The van der Waals surface area contributed by atoms with Crippen LogP contribution in [0, 0.1) is 5.41 Å². The fraction of sp³-hybridized carbons (Fsp3) is 0.250. The average Bonchev–Trinajstić information content (AvgIpc) is 3.11. The third-order valence-electron chi connectivity index (χ3n) is 5.17. The number of anilines is 1. The van der Waals surface area contributed by atoms with Crippen molar-refractivity contribution in [1.82, 2.24) is 0 Å². The summed E-state index contributed by atoms with van der Waals surface area (Å²) in [4.78, 5) is 39.9. The first-order valence-electron chi connectivity index (χ1n) is 8.17. The summed E-state index contributed by atoms with van der Waals surface area (Å²) >= 11 is 0. The van der Waals surface area contributed by atoms with Crippen molar-refractivity contribution < 1.29 is 14.4 Å². The van der Waals surface area contributed by atoms with E-state index in [1.165, 1.54) is 4.90 Å². The second-order valence-corrected chi connectivity index (χ2v) is 6.40. The average molecular weight is 319 g/mol. The molecule has 0 aromatic heterocycles. The molecular formula is C20H17NO3. The monoisotopic (exact) mass is 319 g/mol. The van der Waals surface area contributed by atoms with E-state index in [4.69, 9.17) is 0 Å². The second-order valence-electron chi connectivity index (χ2n) is 6.40. The smallest absolute Gasteiger partial charge is 0.296 e. The van der Waals surface area contributed by atoms with Crippen LogP contribution in [0.15, 0.2) is 60.7 Å². The zero-order chi connectivity index (χ0) is 16.7. The van der Waals surface area contributed by atoms with Gasteiger partial charge in [0.1, 0.15) is 11.2 Å². The Kier molecular flexibility index (Phi) is 3.34. The highest BCUT2D eigenvalue weighted by molar-refractivity contribution is 6.50. The Morgan fingerprint density at radius 2 is 1.50 bits per heavy atom. The molecule has 1 aliphatic carbocycles. The minimum atomic E-state index is -1.23. The molecule has 4 rings (SSSR count). The summed E-state index contributed by atoms with van der Waals surface area (Å²) in [6, 6.07) is 18.0. The van der Waals surface area contributed by atoms with Gasteiger partial charge < -0.3 is 0 Å². The Morgan fingerprint density at radius 1 is 0.875 bits per heavy atom. The Labute approximate surface area is 140 Å². The molecule has 0 N–H and O–H groups in total. The van der Waals surface area contributed by atoms with E-state index in [-0.39, 0.29) is 5.78 Å². The fourth-order valence-corrected chi connectivity index (χ4v) is 4.11. The quantitative estimate of drug-likeness (QED) is 0.631. The largest absolute Gasteiger partial charge is 0.298 e. The van der Waals surface area contributed by atoms with Crippen LogP contribution < -0.4 is 4.90 Å². The van der Waals surface area contributed by atoms with Gasteiger partial charge in [-0.1, -0.05) is 48.5 Å². The highest BCUT2D eigenvalue weighted by Crippen LogP contribution is 2.54. The molecule has 1 unspecified atom stereocenters. The summed E-state index contributed by atoms with van der Waals surface area (Å²) in [5, 5.41) is 0. The molecule has 1 saturated carbocycles. The summed E-state index contributed by atoms with van der Waals surface area (Å²) in [6.07, 6.45) is 1.47. The molecule has 1 heterocycles. The molecule has 2 aromatic rings. The SMILES string of the molecule is O=C1C(=O)C2(CCCC2=O)[C@@H](c2ccccc2)N1c1ccccc1. The van der Waals surface area contributed by atoms with E-state index in [1.54, 1.807) is 12.1 Å². The van der Waals surface area contributed by atoms with E-state index in [1.807, 2.05) is 48.5 Å². The first kappa shape index (κ1) is 14.8. The lowest BCUT2D eigenvalue weighted by molar-refractivity contribution is -0.143. The van der Waals surface area contributed by atoms with Crippen molar-refractivity contribution in [3.63, 3.8) is 0 Å².